The number of carbonyl (C=O) groups is 8. The van der Waals surface area contributed by atoms with Crippen LogP contribution in [0.4, 0.5) is 0 Å². The molecule has 11 atom stereocenters. The minimum absolute atomic E-state index is 0.0380. The van der Waals surface area contributed by atoms with Crippen molar-refractivity contribution in [1.29, 1.82) is 0 Å². The Balaban J connectivity index is 1.41. The number of fused-ring (bicyclic) bond motifs is 5. The zero-order chi connectivity index (χ0) is 51.8. The Morgan fingerprint density at radius 1 is 0.803 bits per heavy atom. The van der Waals surface area contributed by atoms with Gasteiger partial charge in [-0.25, -0.2) is 9.59 Å². The minimum Gasteiger partial charge on any atom is -0.455 e. The molecule has 1 heterocycles. The first-order valence-corrected chi connectivity index (χ1v) is 23.7. The largest absolute Gasteiger partial charge is 0.455 e. The summed E-state index contributed by atoms with van der Waals surface area (Å²) in [6.45, 7) is 11.2. The van der Waals surface area contributed by atoms with Crippen molar-refractivity contribution in [2.75, 3.05) is 6.61 Å². The average molecular weight is 980 g/mol. The highest BCUT2D eigenvalue weighted by Gasteiger charge is 2.78. The maximum Gasteiger partial charge on any atom is 0.350 e. The second-order valence-corrected chi connectivity index (χ2v) is 19.9. The number of rotatable bonds is 15. The van der Waals surface area contributed by atoms with Gasteiger partial charge in [0.05, 0.1) is 36.0 Å². The standard InChI is InChI=1S/C54H61NO16/c1-29(2)36(58)24-25-40(60)69-44(42(33-18-12-9-13-19-33)55-48(62)34-20-14-10-15-21-34)50(64)68-37-27-54(65)47(70-49(63)35-22-16-11-17-23-35)45-52(8,38(59)26-39-53(45,28-66-39)71-32(5)57)46(61)43(67-31(4)56)41(30(37)3)51(54,6)7/h9-23,29,37-39,42-45,47,59,65H,24-28H2,1-8H3,(H,55,62)/t37-,38-,39+,42-,43+,44+,45-,47-,52+,53-,54+/m0/s1. The van der Waals surface area contributed by atoms with Crippen LogP contribution in [0, 0.1) is 22.7 Å². The van der Waals surface area contributed by atoms with Crippen LogP contribution in [0.1, 0.15) is 113 Å². The third-order valence-corrected chi connectivity index (χ3v) is 14.9. The second kappa shape index (κ2) is 20.3. The quantitative estimate of drug-likeness (QED) is 0.0995. The number of esters is 5. The lowest BCUT2D eigenvalue weighted by atomic mass is 9.44. The molecule has 378 valence electrons. The van der Waals surface area contributed by atoms with E-state index in [1.54, 1.807) is 107 Å². The summed E-state index contributed by atoms with van der Waals surface area (Å²) >= 11 is 0. The van der Waals surface area contributed by atoms with E-state index in [-0.39, 0.29) is 47.5 Å². The van der Waals surface area contributed by atoms with Crippen molar-refractivity contribution in [3.05, 3.63) is 119 Å². The number of ketones is 2. The van der Waals surface area contributed by atoms with Crippen LogP contribution in [0.5, 0.6) is 0 Å². The van der Waals surface area contributed by atoms with E-state index in [4.69, 9.17) is 28.4 Å². The first-order valence-electron chi connectivity index (χ1n) is 23.7. The SMILES string of the molecule is CC(=O)O[C@H]1C(=O)[C@@]2(C)[C@H]([C@H](OC(=O)c3ccccc3)[C@]3(O)C[C@H](OC(=O)[C@H](OC(=O)CCC(=O)C(C)C)[C@@H](NC(=O)c4ccccc4)c4ccccc4)C(C)=C1C3(C)C)[C@]1(OC(C)=O)CO[C@@H]1C[C@@H]2O. The molecule has 1 aliphatic heterocycles. The van der Waals surface area contributed by atoms with Crippen LogP contribution in [0.15, 0.2) is 102 Å². The molecule has 1 amide bonds. The van der Waals surface area contributed by atoms with Crippen LogP contribution in [-0.2, 0) is 57.2 Å². The summed E-state index contributed by atoms with van der Waals surface area (Å²) in [6.07, 6.45) is -11.5. The molecule has 7 rings (SSSR count). The van der Waals surface area contributed by atoms with Crippen molar-refractivity contribution >= 4 is 47.3 Å². The van der Waals surface area contributed by atoms with Crippen LogP contribution >= 0.6 is 0 Å². The number of ether oxygens (including phenoxy) is 6. The van der Waals surface area contributed by atoms with E-state index >= 15 is 9.59 Å². The van der Waals surface area contributed by atoms with Crippen molar-refractivity contribution < 1.29 is 77.0 Å². The van der Waals surface area contributed by atoms with Gasteiger partial charge in [0, 0.05) is 50.0 Å². The van der Waals surface area contributed by atoms with Gasteiger partial charge in [0.25, 0.3) is 5.91 Å². The topological polar surface area (TPSA) is 244 Å². The minimum atomic E-state index is -2.48. The molecule has 3 aromatic rings. The fourth-order valence-corrected chi connectivity index (χ4v) is 11.0. The second-order valence-electron chi connectivity index (χ2n) is 19.9. The van der Waals surface area contributed by atoms with E-state index in [1.165, 1.54) is 26.0 Å². The Morgan fingerprint density at radius 3 is 1.94 bits per heavy atom. The first-order chi connectivity index (χ1) is 33.5. The highest BCUT2D eigenvalue weighted by Crippen LogP contribution is 2.64. The Morgan fingerprint density at radius 2 is 1.39 bits per heavy atom. The fraction of sp³-hybridized carbons (Fsp3) is 0.481. The molecule has 3 aliphatic carbocycles. The van der Waals surface area contributed by atoms with E-state index < -0.39 is 131 Å². The predicted octanol–water partition coefficient (Wildman–Crippen LogP) is 5.29. The maximum atomic E-state index is 15.7. The molecule has 0 unspecified atom stereocenters. The zero-order valence-electron chi connectivity index (χ0n) is 41.0. The molecule has 17 heteroatoms. The number of carbonyl (C=O) groups excluding carboxylic acids is 8. The van der Waals surface area contributed by atoms with Gasteiger partial charge in [-0.1, -0.05) is 94.4 Å². The fourth-order valence-electron chi connectivity index (χ4n) is 11.0. The zero-order valence-corrected chi connectivity index (χ0v) is 41.0. The van der Waals surface area contributed by atoms with E-state index in [9.17, 15) is 39.0 Å². The molecule has 3 aromatic carbocycles. The van der Waals surface area contributed by atoms with E-state index in [2.05, 4.69) is 5.32 Å². The Labute approximate surface area is 411 Å². The van der Waals surface area contributed by atoms with Gasteiger partial charge in [-0.3, -0.25) is 28.8 Å². The van der Waals surface area contributed by atoms with Crippen molar-refractivity contribution in [3.8, 4) is 0 Å². The molecule has 17 nitrogen and oxygen atoms in total. The van der Waals surface area contributed by atoms with E-state index in [0.29, 0.717) is 5.56 Å². The van der Waals surface area contributed by atoms with Crippen molar-refractivity contribution in [1.82, 2.24) is 5.32 Å². The smallest absolute Gasteiger partial charge is 0.350 e. The molecule has 3 N–H and O–H groups in total. The van der Waals surface area contributed by atoms with Crippen LogP contribution in [0.2, 0.25) is 0 Å². The van der Waals surface area contributed by atoms with Gasteiger partial charge in [-0.15, -0.1) is 0 Å². The molecular weight excluding hydrogens is 919 g/mol. The lowest BCUT2D eigenvalue weighted by Gasteiger charge is -2.67. The van der Waals surface area contributed by atoms with Gasteiger partial charge in [-0.05, 0) is 54.8 Å². The normalized spacial score (nSPS) is 29.3. The van der Waals surface area contributed by atoms with Crippen LogP contribution < -0.4 is 5.32 Å². The summed E-state index contributed by atoms with van der Waals surface area (Å²) < 4.78 is 36.7. The molecule has 1 saturated heterocycles. The van der Waals surface area contributed by atoms with Crippen LogP contribution in [-0.4, -0.2) is 112 Å². The van der Waals surface area contributed by atoms with Gasteiger partial charge < -0.3 is 44.0 Å². The number of aliphatic hydroxyl groups excluding tert-OH is 1. The lowest BCUT2D eigenvalue weighted by Crippen LogP contribution is -2.82. The number of Topliss-reactive ketones (excluding diaryl/α,β-unsaturated/α-hetero) is 2. The number of nitrogens with one attached hydrogen (secondary N) is 1. The van der Waals surface area contributed by atoms with Crippen molar-refractivity contribution in [2.45, 2.75) is 135 Å². The van der Waals surface area contributed by atoms with Crippen molar-refractivity contribution in [2.24, 2.45) is 22.7 Å². The lowest BCUT2D eigenvalue weighted by molar-refractivity contribution is -0.346. The predicted molar refractivity (Wildman–Crippen MR) is 251 cm³/mol. The molecule has 2 saturated carbocycles. The maximum absolute atomic E-state index is 15.7. The highest BCUT2D eigenvalue weighted by atomic mass is 16.6. The van der Waals surface area contributed by atoms with Gasteiger partial charge >= 0.3 is 29.8 Å². The molecule has 3 fully saturated rings. The highest BCUT2D eigenvalue weighted by molar-refractivity contribution is 5.96. The summed E-state index contributed by atoms with van der Waals surface area (Å²) in [5.74, 6) is -8.73. The molecule has 0 spiro atoms. The molecule has 71 heavy (non-hydrogen) atoms. The number of hydrogen-bond donors (Lipinski definition) is 3. The van der Waals surface area contributed by atoms with Gasteiger partial charge in [-0.2, -0.15) is 0 Å². The summed E-state index contributed by atoms with van der Waals surface area (Å²) in [5, 5.41) is 28.9. The Hall–Kier alpha value is -6.56. The van der Waals surface area contributed by atoms with Crippen LogP contribution in [0.25, 0.3) is 0 Å². The third-order valence-electron chi connectivity index (χ3n) is 14.9. The third kappa shape index (κ3) is 9.66. The van der Waals surface area contributed by atoms with Crippen LogP contribution in [0.3, 0.4) is 0 Å². The molecule has 2 bridgehead atoms. The summed E-state index contributed by atoms with van der Waals surface area (Å²) in [6, 6.07) is 22.6. The summed E-state index contributed by atoms with van der Waals surface area (Å²) in [5.41, 5.74) is -7.53. The number of hydrogen-bond acceptors (Lipinski definition) is 16. The monoisotopic (exact) mass is 979 g/mol. The molecular formula is C54H61NO16. The van der Waals surface area contributed by atoms with Gasteiger partial charge in [0.2, 0.25) is 6.10 Å². The van der Waals surface area contributed by atoms with E-state index in [1.807, 2.05) is 0 Å². The number of benzene rings is 3. The molecule has 4 aliphatic rings. The Bertz CT molecular complexity index is 2600. The summed E-state index contributed by atoms with van der Waals surface area (Å²) in [7, 11) is 0. The van der Waals surface area contributed by atoms with Crippen molar-refractivity contribution in [3.63, 3.8) is 0 Å². The number of aliphatic hydroxyl groups is 2. The first kappa shape index (κ1) is 52.3. The molecule has 0 aromatic heterocycles. The van der Waals surface area contributed by atoms with Gasteiger partial charge in [0.1, 0.15) is 35.7 Å². The summed E-state index contributed by atoms with van der Waals surface area (Å²) in [4.78, 5) is 112. The van der Waals surface area contributed by atoms with Gasteiger partial charge in [0.15, 0.2) is 17.5 Å². The Kier molecular flexibility index (Phi) is 14.9. The average Bonchev–Trinajstić information content (AvgIpc) is 3.33. The number of amides is 1. The molecule has 0 radical (unpaired) electrons. The van der Waals surface area contributed by atoms with E-state index in [0.717, 1.165) is 13.8 Å².